The summed E-state index contributed by atoms with van der Waals surface area (Å²) in [6.07, 6.45) is 2.51. The second-order valence-corrected chi connectivity index (χ2v) is 7.07. The van der Waals surface area contributed by atoms with Gasteiger partial charge in [0.15, 0.2) is 0 Å². The fourth-order valence-corrected chi connectivity index (χ4v) is 3.49. The largest absolute Gasteiger partial charge is 0.478 e. The van der Waals surface area contributed by atoms with Crippen molar-refractivity contribution in [3.8, 4) is 0 Å². The molecule has 2 aromatic rings. The number of rotatable bonds is 5. The minimum absolute atomic E-state index is 0.130. The van der Waals surface area contributed by atoms with Gasteiger partial charge >= 0.3 is 5.97 Å². The molecule has 110 valence electrons. The lowest BCUT2D eigenvalue weighted by Crippen LogP contribution is -2.25. The number of carboxylic acid groups (broad SMARTS) is 1. The van der Waals surface area contributed by atoms with Gasteiger partial charge in [0.25, 0.3) is 5.91 Å². The van der Waals surface area contributed by atoms with Gasteiger partial charge in [-0.3, -0.25) is 4.79 Å². The zero-order valence-corrected chi connectivity index (χ0v) is 13.4. The second-order valence-electron chi connectivity index (χ2n) is 4.21. The Bertz CT molecular complexity index is 690. The average molecular weight is 342 g/mol. The average Bonchev–Trinajstić information content (AvgIpc) is 3.05. The summed E-state index contributed by atoms with van der Waals surface area (Å²) in [6.45, 7) is 1.89. The Morgan fingerprint density at radius 1 is 1.29 bits per heavy atom. The maximum absolute atomic E-state index is 12.1. The molecule has 1 atom stereocenters. The van der Waals surface area contributed by atoms with Crippen molar-refractivity contribution in [2.75, 3.05) is 0 Å². The Kier molecular flexibility index (Phi) is 5.17. The topological polar surface area (TPSA) is 66.4 Å². The molecule has 2 aromatic heterocycles. The maximum atomic E-state index is 12.1. The number of hydrogen-bond donors (Lipinski definition) is 2. The van der Waals surface area contributed by atoms with E-state index in [1.54, 1.807) is 18.2 Å². The van der Waals surface area contributed by atoms with Crippen molar-refractivity contribution in [3.63, 3.8) is 0 Å². The predicted octanol–water partition coefficient (Wildman–Crippen LogP) is 4.05. The normalized spacial score (nSPS) is 12.5. The van der Waals surface area contributed by atoms with Gasteiger partial charge in [0.05, 0.1) is 15.3 Å². The number of halogens is 1. The van der Waals surface area contributed by atoms with E-state index in [4.69, 9.17) is 16.7 Å². The second kappa shape index (κ2) is 6.89. The lowest BCUT2D eigenvalue weighted by Gasteiger charge is -2.10. The highest BCUT2D eigenvalue weighted by atomic mass is 35.5. The van der Waals surface area contributed by atoms with Crippen LogP contribution in [0, 0.1) is 0 Å². The highest BCUT2D eigenvalue weighted by molar-refractivity contribution is 7.16. The van der Waals surface area contributed by atoms with Gasteiger partial charge < -0.3 is 10.4 Å². The van der Waals surface area contributed by atoms with Gasteiger partial charge in [-0.05, 0) is 37.3 Å². The van der Waals surface area contributed by atoms with E-state index in [2.05, 4.69) is 5.32 Å². The van der Waals surface area contributed by atoms with Crippen LogP contribution >= 0.6 is 34.3 Å². The van der Waals surface area contributed by atoms with E-state index in [0.29, 0.717) is 9.21 Å². The molecule has 21 heavy (non-hydrogen) atoms. The van der Waals surface area contributed by atoms with Crippen LogP contribution in [0.1, 0.15) is 32.4 Å². The molecular weight excluding hydrogens is 330 g/mol. The van der Waals surface area contributed by atoms with E-state index in [9.17, 15) is 9.59 Å². The monoisotopic (exact) mass is 341 g/mol. The molecule has 0 aliphatic rings. The standard InChI is InChI=1S/C14H12ClNO3S2/c1-8(10-5-6-12(15)21-10)16-14(19)11-4-2-9(20-11)3-7-13(17)18/h2-8H,1H3,(H,16,19)(H,17,18). The zero-order valence-electron chi connectivity index (χ0n) is 11.0. The molecule has 0 bridgehead atoms. The van der Waals surface area contributed by atoms with Crippen LogP contribution in [0.5, 0.6) is 0 Å². The number of carbonyl (C=O) groups excluding carboxylic acids is 1. The van der Waals surface area contributed by atoms with Crippen molar-refractivity contribution < 1.29 is 14.7 Å². The molecule has 1 amide bonds. The molecule has 4 nitrogen and oxygen atoms in total. The molecular formula is C14H12ClNO3S2. The van der Waals surface area contributed by atoms with Crippen LogP contribution in [0.2, 0.25) is 4.34 Å². The molecule has 2 heterocycles. The van der Waals surface area contributed by atoms with Crippen LogP contribution < -0.4 is 5.32 Å². The molecule has 1 unspecified atom stereocenters. The van der Waals surface area contributed by atoms with E-state index in [1.165, 1.54) is 28.7 Å². The zero-order chi connectivity index (χ0) is 15.4. The lowest BCUT2D eigenvalue weighted by molar-refractivity contribution is -0.131. The third-order valence-corrected chi connectivity index (χ3v) is 5.07. The molecule has 0 radical (unpaired) electrons. The number of carbonyl (C=O) groups is 2. The summed E-state index contributed by atoms with van der Waals surface area (Å²) in [5, 5.41) is 11.5. The van der Waals surface area contributed by atoms with Crippen LogP contribution in [-0.2, 0) is 4.79 Å². The third kappa shape index (κ3) is 4.42. The summed E-state index contributed by atoms with van der Waals surface area (Å²) in [5.74, 6) is -1.20. The number of hydrogen-bond acceptors (Lipinski definition) is 4. The molecule has 0 saturated carbocycles. The van der Waals surface area contributed by atoms with Gasteiger partial charge in [0.2, 0.25) is 0 Å². The molecule has 0 aromatic carbocycles. The molecule has 0 aliphatic carbocycles. The maximum Gasteiger partial charge on any atom is 0.328 e. The molecule has 0 aliphatic heterocycles. The SMILES string of the molecule is CC(NC(=O)c1ccc(C=CC(=O)O)s1)c1ccc(Cl)s1. The molecule has 2 rings (SSSR count). The van der Waals surface area contributed by atoms with Gasteiger partial charge in [-0.2, -0.15) is 0 Å². The van der Waals surface area contributed by atoms with Crippen LogP contribution in [0.4, 0.5) is 0 Å². The summed E-state index contributed by atoms with van der Waals surface area (Å²) in [4.78, 5) is 24.8. The molecule has 7 heteroatoms. The van der Waals surface area contributed by atoms with Crippen LogP contribution in [0.15, 0.2) is 30.3 Å². The van der Waals surface area contributed by atoms with Crippen molar-refractivity contribution in [1.82, 2.24) is 5.32 Å². The number of thiophene rings is 2. The van der Waals surface area contributed by atoms with Crippen molar-refractivity contribution in [2.45, 2.75) is 13.0 Å². The highest BCUT2D eigenvalue weighted by Crippen LogP contribution is 2.27. The first kappa shape index (κ1) is 15.8. The van der Waals surface area contributed by atoms with Gasteiger partial charge in [0, 0.05) is 15.8 Å². The van der Waals surface area contributed by atoms with Gasteiger partial charge in [-0.1, -0.05) is 11.6 Å². The first-order valence-electron chi connectivity index (χ1n) is 6.02. The highest BCUT2D eigenvalue weighted by Gasteiger charge is 2.14. The Labute approximate surface area is 134 Å². The molecule has 0 saturated heterocycles. The number of nitrogens with one attached hydrogen (secondary N) is 1. The number of aliphatic carboxylic acids is 1. The van der Waals surface area contributed by atoms with Gasteiger partial charge in [-0.15, -0.1) is 22.7 Å². The fourth-order valence-electron chi connectivity index (χ4n) is 1.62. The fraction of sp³-hybridized carbons (Fsp3) is 0.143. The van der Waals surface area contributed by atoms with Gasteiger partial charge in [0.1, 0.15) is 0 Å². The first-order chi connectivity index (χ1) is 9.95. The summed E-state index contributed by atoms with van der Waals surface area (Å²) >= 11 is 8.54. The summed E-state index contributed by atoms with van der Waals surface area (Å²) in [7, 11) is 0. The Hall–Kier alpha value is -1.63. The van der Waals surface area contributed by atoms with Crippen LogP contribution in [0.3, 0.4) is 0 Å². The summed E-state index contributed by atoms with van der Waals surface area (Å²) < 4.78 is 0.684. The molecule has 0 spiro atoms. The molecule has 0 fully saturated rings. The van der Waals surface area contributed by atoms with E-state index in [1.807, 2.05) is 13.0 Å². The Balaban J connectivity index is 2.02. The van der Waals surface area contributed by atoms with E-state index >= 15 is 0 Å². The van der Waals surface area contributed by atoms with E-state index in [-0.39, 0.29) is 11.9 Å². The minimum Gasteiger partial charge on any atom is -0.478 e. The van der Waals surface area contributed by atoms with Crippen molar-refractivity contribution in [3.05, 3.63) is 49.3 Å². The third-order valence-electron chi connectivity index (χ3n) is 2.61. The summed E-state index contributed by atoms with van der Waals surface area (Å²) in [6, 6.07) is 6.94. The van der Waals surface area contributed by atoms with Crippen LogP contribution in [-0.4, -0.2) is 17.0 Å². The van der Waals surface area contributed by atoms with Crippen molar-refractivity contribution in [1.29, 1.82) is 0 Å². The lowest BCUT2D eigenvalue weighted by atomic mass is 10.2. The molecule has 2 N–H and O–H groups in total. The smallest absolute Gasteiger partial charge is 0.328 e. The van der Waals surface area contributed by atoms with Gasteiger partial charge in [-0.25, -0.2) is 4.79 Å². The quantitative estimate of drug-likeness (QED) is 0.806. The van der Waals surface area contributed by atoms with E-state index in [0.717, 1.165) is 15.8 Å². The summed E-state index contributed by atoms with van der Waals surface area (Å²) in [5.41, 5.74) is 0. The van der Waals surface area contributed by atoms with Crippen LogP contribution in [0.25, 0.3) is 6.08 Å². The minimum atomic E-state index is -1.02. The van der Waals surface area contributed by atoms with E-state index < -0.39 is 5.97 Å². The first-order valence-corrected chi connectivity index (χ1v) is 8.04. The van der Waals surface area contributed by atoms with Crippen molar-refractivity contribution in [2.24, 2.45) is 0 Å². The van der Waals surface area contributed by atoms with Crippen molar-refractivity contribution >= 4 is 52.2 Å². The number of amides is 1. The predicted molar refractivity (Wildman–Crippen MR) is 86.2 cm³/mol. The Morgan fingerprint density at radius 2 is 2.05 bits per heavy atom. The number of carboxylic acids is 1. The Morgan fingerprint density at radius 3 is 2.67 bits per heavy atom.